The second-order valence-corrected chi connectivity index (χ2v) is 12.1. The lowest BCUT2D eigenvalue weighted by Gasteiger charge is -2.13. The smallest absolute Gasteiger partial charge is 0.161 e. The molecule has 0 spiro atoms. The van der Waals surface area contributed by atoms with E-state index in [1.807, 2.05) is 12.4 Å². The highest BCUT2D eigenvalue weighted by Crippen LogP contribution is 2.35. The number of aromatic nitrogens is 3. The van der Waals surface area contributed by atoms with Crippen LogP contribution < -0.4 is 0 Å². The maximum Gasteiger partial charge on any atom is 0.161 e. The van der Waals surface area contributed by atoms with Crippen LogP contribution in [0.4, 0.5) is 0 Å². The predicted octanol–water partition coefficient (Wildman–Crippen LogP) is 11.7. The molecule has 0 aliphatic carbocycles. The maximum atomic E-state index is 5.20. The summed E-state index contributed by atoms with van der Waals surface area (Å²) in [6.45, 7) is 0. The molecule has 0 unspecified atom stereocenters. The first-order chi connectivity index (χ1) is 23.8. The molecule has 0 aliphatic rings. The number of pyridine rings is 1. The Morgan fingerprint density at radius 3 is 1.46 bits per heavy atom. The van der Waals surface area contributed by atoms with Crippen LogP contribution in [0, 0.1) is 0 Å². The Bertz CT molecular complexity index is 2490. The molecule has 0 amide bonds. The number of hydrogen-bond acceptors (Lipinski definition) is 3. The summed E-state index contributed by atoms with van der Waals surface area (Å²) in [6.07, 6.45) is 3.87. The van der Waals surface area contributed by atoms with Gasteiger partial charge in [-0.2, -0.15) is 0 Å². The molecule has 7 aromatic carbocycles. The monoisotopic (exact) mass is 611 g/mol. The van der Waals surface area contributed by atoms with Gasteiger partial charge in [0.1, 0.15) is 0 Å². The van der Waals surface area contributed by atoms with Gasteiger partial charge in [0.25, 0.3) is 0 Å². The lowest BCUT2D eigenvalue weighted by Crippen LogP contribution is -1.97. The van der Waals surface area contributed by atoms with E-state index in [-0.39, 0.29) is 0 Å². The number of rotatable bonds is 5. The van der Waals surface area contributed by atoms with Gasteiger partial charge in [-0.25, -0.2) is 9.97 Å². The molecular formula is C45H29N3. The van der Waals surface area contributed by atoms with E-state index in [9.17, 15) is 0 Å². The summed E-state index contributed by atoms with van der Waals surface area (Å²) in [5.41, 5.74) is 9.57. The van der Waals surface area contributed by atoms with E-state index in [1.54, 1.807) is 0 Å². The summed E-state index contributed by atoms with van der Waals surface area (Å²) in [5.74, 6) is 0.717. The summed E-state index contributed by atoms with van der Waals surface area (Å²) >= 11 is 0. The van der Waals surface area contributed by atoms with Crippen LogP contribution in [-0.4, -0.2) is 15.0 Å². The fourth-order valence-electron chi connectivity index (χ4n) is 6.74. The minimum atomic E-state index is 0.717. The molecule has 9 rings (SSSR count). The zero-order valence-electron chi connectivity index (χ0n) is 26.1. The molecule has 3 heteroatoms. The van der Waals surface area contributed by atoms with E-state index in [0.717, 1.165) is 66.9 Å². The van der Waals surface area contributed by atoms with E-state index >= 15 is 0 Å². The standard InChI is InChI=1S/C45H29N3/c1-4-14-37-32(9-1)12-7-17-40(37)44-27-43(47-45(48-44)41-18-8-13-33-10-2-5-15-38(33)41)35-25-21-31(22-26-35)30-19-23-34(24-20-30)42-29-46-28-36-11-3-6-16-39(36)42/h1-29H. The lowest BCUT2D eigenvalue weighted by atomic mass is 9.97. The number of benzene rings is 7. The van der Waals surface area contributed by atoms with Crippen LogP contribution in [0.25, 0.3) is 88.5 Å². The highest BCUT2D eigenvalue weighted by molar-refractivity contribution is 5.99. The van der Waals surface area contributed by atoms with Gasteiger partial charge < -0.3 is 0 Å². The quantitative estimate of drug-likeness (QED) is 0.194. The summed E-state index contributed by atoms with van der Waals surface area (Å²) in [6, 6.07) is 57.6. The summed E-state index contributed by atoms with van der Waals surface area (Å²) in [5, 5.41) is 7.02. The zero-order valence-corrected chi connectivity index (χ0v) is 26.1. The van der Waals surface area contributed by atoms with Crippen molar-refractivity contribution >= 4 is 32.3 Å². The van der Waals surface area contributed by atoms with Crippen LogP contribution in [0.15, 0.2) is 176 Å². The first kappa shape index (κ1) is 27.8. The van der Waals surface area contributed by atoms with Crippen LogP contribution in [0.5, 0.6) is 0 Å². The van der Waals surface area contributed by atoms with Crippen LogP contribution in [0.2, 0.25) is 0 Å². The third-order valence-corrected chi connectivity index (χ3v) is 9.20. The molecule has 0 radical (unpaired) electrons. The maximum absolute atomic E-state index is 5.20. The summed E-state index contributed by atoms with van der Waals surface area (Å²) in [7, 11) is 0. The van der Waals surface area contributed by atoms with Crippen molar-refractivity contribution in [2.75, 3.05) is 0 Å². The number of hydrogen-bond donors (Lipinski definition) is 0. The third kappa shape index (κ3) is 4.99. The minimum Gasteiger partial charge on any atom is -0.263 e. The third-order valence-electron chi connectivity index (χ3n) is 9.20. The fraction of sp³-hybridized carbons (Fsp3) is 0. The van der Waals surface area contributed by atoms with Gasteiger partial charge in [-0.15, -0.1) is 0 Å². The first-order valence-electron chi connectivity index (χ1n) is 16.2. The molecule has 2 heterocycles. The Balaban J connectivity index is 1.12. The first-order valence-corrected chi connectivity index (χ1v) is 16.2. The molecule has 0 fully saturated rings. The Hall–Kier alpha value is -6.45. The molecule has 0 aliphatic heterocycles. The van der Waals surface area contributed by atoms with Crippen molar-refractivity contribution in [1.82, 2.24) is 15.0 Å². The molecule has 2 aromatic heterocycles. The molecule has 0 N–H and O–H groups in total. The molecule has 9 aromatic rings. The van der Waals surface area contributed by atoms with Crippen LogP contribution in [0.1, 0.15) is 0 Å². The van der Waals surface area contributed by atoms with Crippen molar-refractivity contribution in [2.24, 2.45) is 0 Å². The lowest BCUT2D eigenvalue weighted by molar-refractivity contribution is 1.19. The molecule has 224 valence electrons. The van der Waals surface area contributed by atoms with Crippen molar-refractivity contribution in [2.45, 2.75) is 0 Å². The van der Waals surface area contributed by atoms with Crippen molar-refractivity contribution in [3.63, 3.8) is 0 Å². The molecule has 0 bridgehead atoms. The Labute approximate surface area is 278 Å². The van der Waals surface area contributed by atoms with E-state index in [4.69, 9.17) is 9.97 Å². The predicted molar refractivity (Wildman–Crippen MR) is 200 cm³/mol. The number of nitrogens with zero attached hydrogens (tertiary/aromatic N) is 3. The molecule has 0 saturated carbocycles. The van der Waals surface area contributed by atoms with E-state index in [1.165, 1.54) is 21.5 Å². The van der Waals surface area contributed by atoms with Gasteiger partial charge in [-0.3, -0.25) is 4.98 Å². The average molecular weight is 612 g/mol. The Kier molecular flexibility index (Phi) is 6.80. The average Bonchev–Trinajstić information content (AvgIpc) is 3.17. The number of fused-ring (bicyclic) bond motifs is 3. The molecule has 0 saturated heterocycles. The second kappa shape index (κ2) is 11.7. The highest BCUT2D eigenvalue weighted by atomic mass is 14.9. The van der Waals surface area contributed by atoms with Crippen molar-refractivity contribution < 1.29 is 0 Å². The van der Waals surface area contributed by atoms with Gasteiger partial charge in [-0.1, -0.05) is 158 Å². The van der Waals surface area contributed by atoms with Gasteiger partial charge in [0, 0.05) is 40.0 Å². The van der Waals surface area contributed by atoms with Gasteiger partial charge in [0.05, 0.1) is 11.4 Å². The van der Waals surface area contributed by atoms with Crippen LogP contribution in [-0.2, 0) is 0 Å². The van der Waals surface area contributed by atoms with Gasteiger partial charge in [0.2, 0.25) is 0 Å². The molecule has 0 atom stereocenters. The minimum absolute atomic E-state index is 0.717. The van der Waals surface area contributed by atoms with Crippen molar-refractivity contribution in [3.8, 4) is 56.2 Å². The van der Waals surface area contributed by atoms with E-state index < -0.39 is 0 Å². The second-order valence-electron chi connectivity index (χ2n) is 12.1. The van der Waals surface area contributed by atoms with Crippen LogP contribution >= 0.6 is 0 Å². The van der Waals surface area contributed by atoms with Crippen molar-refractivity contribution in [3.05, 3.63) is 176 Å². The zero-order chi connectivity index (χ0) is 31.9. The summed E-state index contributed by atoms with van der Waals surface area (Å²) in [4.78, 5) is 14.9. The Morgan fingerprint density at radius 1 is 0.312 bits per heavy atom. The molecular weight excluding hydrogens is 583 g/mol. The van der Waals surface area contributed by atoms with Gasteiger partial charge >= 0.3 is 0 Å². The largest absolute Gasteiger partial charge is 0.263 e. The SMILES string of the molecule is c1ccc2c(-c3ccc(-c4ccc(-c5cc(-c6cccc7ccccc67)nc(-c6cccc7ccccc67)n5)cc4)cc3)cncc2c1. The fourth-order valence-corrected chi connectivity index (χ4v) is 6.74. The summed E-state index contributed by atoms with van der Waals surface area (Å²) < 4.78 is 0. The topological polar surface area (TPSA) is 38.7 Å². The van der Waals surface area contributed by atoms with Gasteiger partial charge in [-0.05, 0) is 49.7 Å². The highest BCUT2D eigenvalue weighted by Gasteiger charge is 2.15. The normalized spacial score (nSPS) is 11.3. The molecule has 3 nitrogen and oxygen atoms in total. The van der Waals surface area contributed by atoms with Gasteiger partial charge in [0.15, 0.2) is 5.82 Å². The van der Waals surface area contributed by atoms with Crippen LogP contribution in [0.3, 0.4) is 0 Å². The van der Waals surface area contributed by atoms with E-state index in [2.05, 4.69) is 169 Å². The van der Waals surface area contributed by atoms with E-state index in [0.29, 0.717) is 0 Å². The molecule has 48 heavy (non-hydrogen) atoms. The van der Waals surface area contributed by atoms with Crippen molar-refractivity contribution in [1.29, 1.82) is 0 Å². The Morgan fingerprint density at radius 2 is 0.792 bits per heavy atom.